The maximum absolute atomic E-state index is 14.9. The van der Waals surface area contributed by atoms with Gasteiger partial charge < -0.3 is 14.4 Å². The first-order valence-corrected chi connectivity index (χ1v) is 15.3. The molecule has 0 spiro atoms. The number of halogens is 2. The zero-order valence-electron chi connectivity index (χ0n) is 24.9. The normalized spacial score (nSPS) is 22.5. The molecule has 2 fully saturated rings. The Bertz CT molecular complexity index is 1390. The summed E-state index contributed by atoms with van der Waals surface area (Å²) in [6.45, 7) is 8.08. The van der Waals surface area contributed by atoms with Crippen molar-refractivity contribution in [2.24, 2.45) is 0 Å². The standard InChI is InChI=1S/C33H38Cl2N4O4/c1-21(2)43-29-19-27(42-4)13-14-28(29)33(32(41)39-17-15-38(16-18-39)20-22(3)40)36-30(23-5-9-25(34)10-6-23)31(37-33)24-7-11-26(35)12-8-24/h5-14,19,21,30-31,36-37H,15-18,20H2,1-4H3. The van der Waals surface area contributed by atoms with E-state index in [1.54, 1.807) is 14.0 Å². The third kappa shape index (κ3) is 6.84. The average Bonchev–Trinajstić information content (AvgIpc) is 3.39. The topological polar surface area (TPSA) is 83.1 Å². The molecule has 8 nitrogen and oxygen atoms in total. The molecule has 43 heavy (non-hydrogen) atoms. The Balaban J connectivity index is 1.63. The minimum atomic E-state index is -1.35. The Morgan fingerprint density at radius 3 is 1.88 bits per heavy atom. The van der Waals surface area contributed by atoms with Crippen molar-refractivity contribution in [1.29, 1.82) is 0 Å². The third-order valence-electron chi connectivity index (χ3n) is 7.92. The fourth-order valence-electron chi connectivity index (χ4n) is 5.91. The van der Waals surface area contributed by atoms with E-state index in [-0.39, 0.29) is 29.9 Å². The number of carbonyl (C=O) groups is 2. The van der Waals surface area contributed by atoms with E-state index < -0.39 is 5.66 Å². The highest BCUT2D eigenvalue weighted by Crippen LogP contribution is 2.45. The molecule has 2 heterocycles. The maximum atomic E-state index is 14.9. The molecule has 0 radical (unpaired) electrons. The number of nitrogens with one attached hydrogen (secondary N) is 2. The number of Topliss-reactive ketones (excluding diaryl/α,β-unsaturated/α-hetero) is 1. The van der Waals surface area contributed by atoms with E-state index in [1.807, 2.05) is 85.5 Å². The van der Waals surface area contributed by atoms with Crippen LogP contribution in [0.3, 0.4) is 0 Å². The predicted molar refractivity (Wildman–Crippen MR) is 169 cm³/mol. The lowest BCUT2D eigenvalue weighted by Crippen LogP contribution is -2.62. The fourth-order valence-corrected chi connectivity index (χ4v) is 6.16. The first kappa shape index (κ1) is 31.3. The second-order valence-corrected chi connectivity index (χ2v) is 12.3. The highest BCUT2D eigenvalue weighted by molar-refractivity contribution is 6.30. The van der Waals surface area contributed by atoms with Crippen LogP contribution in [0.4, 0.5) is 0 Å². The lowest BCUT2D eigenvalue weighted by molar-refractivity contribution is -0.141. The van der Waals surface area contributed by atoms with Crippen LogP contribution in [-0.4, -0.2) is 67.4 Å². The van der Waals surface area contributed by atoms with Crippen molar-refractivity contribution in [3.8, 4) is 11.5 Å². The lowest BCUT2D eigenvalue weighted by atomic mass is 9.95. The molecule has 2 atom stereocenters. The van der Waals surface area contributed by atoms with Gasteiger partial charge in [-0.05, 0) is 68.3 Å². The van der Waals surface area contributed by atoms with Gasteiger partial charge in [-0.25, -0.2) is 0 Å². The molecule has 10 heteroatoms. The largest absolute Gasteiger partial charge is 0.497 e. The number of ketones is 1. The molecule has 0 bridgehead atoms. The van der Waals surface area contributed by atoms with Gasteiger partial charge in [0, 0.05) is 47.9 Å². The van der Waals surface area contributed by atoms with Crippen molar-refractivity contribution in [3.05, 3.63) is 93.5 Å². The molecule has 2 unspecified atom stereocenters. The molecule has 5 rings (SSSR count). The second-order valence-electron chi connectivity index (χ2n) is 11.4. The van der Waals surface area contributed by atoms with E-state index in [0.29, 0.717) is 59.8 Å². The number of carbonyl (C=O) groups excluding carboxylic acids is 2. The molecule has 3 aromatic rings. The fraction of sp³-hybridized carbons (Fsp3) is 0.394. The van der Waals surface area contributed by atoms with Gasteiger partial charge in [-0.15, -0.1) is 0 Å². The quantitative estimate of drug-likeness (QED) is 0.332. The van der Waals surface area contributed by atoms with Gasteiger partial charge in [-0.1, -0.05) is 47.5 Å². The van der Waals surface area contributed by atoms with Crippen LogP contribution in [0.25, 0.3) is 0 Å². The van der Waals surface area contributed by atoms with Crippen LogP contribution < -0.4 is 20.1 Å². The molecule has 2 N–H and O–H groups in total. The number of hydrogen-bond donors (Lipinski definition) is 2. The maximum Gasteiger partial charge on any atom is 0.262 e. The SMILES string of the molecule is COc1ccc(C2(C(=O)N3CCN(CC(C)=O)CC3)NC(c3ccc(Cl)cc3)C(c3ccc(Cl)cc3)N2)c(OC(C)C)c1. The molecule has 0 saturated carbocycles. The van der Waals surface area contributed by atoms with Crippen molar-refractivity contribution in [2.75, 3.05) is 39.8 Å². The van der Waals surface area contributed by atoms with Crippen LogP contribution in [0.1, 0.15) is 49.5 Å². The van der Waals surface area contributed by atoms with Gasteiger partial charge in [0.05, 0.1) is 31.8 Å². The molecular formula is C33H38Cl2N4O4. The third-order valence-corrected chi connectivity index (χ3v) is 8.42. The number of ether oxygens (including phenoxy) is 2. The van der Waals surface area contributed by atoms with Crippen LogP contribution in [0, 0.1) is 0 Å². The molecule has 1 amide bonds. The number of amides is 1. The van der Waals surface area contributed by atoms with Crippen LogP contribution in [0.2, 0.25) is 10.0 Å². The minimum absolute atomic E-state index is 0.112. The van der Waals surface area contributed by atoms with E-state index in [4.69, 9.17) is 32.7 Å². The van der Waals surface area contributed by atoms with E-state index >= 15 is 0 Å². The lowest BCUT2D eigenvalue weighted by Gasteiger charge is -2.40. The summed E-state index contributed by atoms with van der Waals surface area (Å²) in [6.07, 6.45) is -0.145. The van der Waals surface area contributed by atoms with Crippen molar-refractivity contribution < 1.29 is 19.1 Å². The summed E-state index contributed by atoms with van der Waals surface area (Å²) in [4.78, 5) is 30.6. The van der Waals surface area contributed by atoms with E-state index in [9.17, 15) is 9.59 Å². The smallest absolute Gasteiger partial charge is 0.262 e. The van der Waals surface area contributed by atoms with Gasteiger partial charge in [0.2, 0.25) is 0 Å². The summed E-state index contributed by atoms with van der Waals surface area (Å²) in [5, 5.41) is 8.75. The van der Waals surface area contributed by atoms with Gasteiger partial charge in [0.15, 0.2) is 5.66 Å². The van der Waals surface area contributed by atoms with Crippen LogP contribution in [0.5, 0.6) is 11.5 Å². The summed E-state index contributed by atoms with van der Waals surface area (Å²) in [5.74, 6) is 1.16. The van der Waals surface area contributed by atoms with Crippen LogP contribution in [-0.2, 0) is 15.3 Å². The summed E-state index contributed by atoms with van der Waals surface area (Å²) in [5.41, 5.74) is 1.25. The molecule has 3 aromatic carbocycles. The molecule has 2 saturated heterocycles. The van der Waals surface area contributed by atoms with Gasteiger partial charge >= 0.3 is 0 Å². The number of piperazine rings is 1. The molecule has 228 valence electrons. The molecule has 2 aliphatic rings. The molecule has 0 aromatic heterocycles. The van der Waals surface area contributed by atoms with Crippen molar-refractivity contribution in [1.82, 2.24) is 20.4 Å². The van der Waals surface area contributed by atoms with Crippen molar-refractivity contribution >= 4 is 34.9 Å². The number of nitrogens with zero attached hydrogens (tertiary/aromatic N) is 2. The predicted octanol–water partition coefficient (Wildman–Crippen LogP) is 5.35. The highest BCUT2D eigenvalue weighted by Gasteiger charge is 2.54. The zero-order valence-corrected chi connectivity index (χ0v) is 26.4. The summed E-state index contributed by atoms with van der Waals surface area (Å²) >= 11 is 12.5. The number of hydrogen-bond acceptors (Lipinski definition) is 7. The Morgan fingerprint density at radius 1 is 0.884 bits per heavy atom. The number of methoxy groups -OCH3 is 1. The van der Waals surface area contributed by atoms with Gasteiger partial charge in [0.1, 0.15) is 17.3 Å². The first-order valence-electron chi connectivity index (χ1n) is 14.5. The summed E-state index contributed by atoms with van der Waals surface area (Å²) in [7, 11) is 1.61. The monoisotopic (exact) mass is 624 g/mol. The zero-order chi connectivity index (χ0) is 30.7. The van der Waals surface area contributed by atoms with Crippen LogP contribution in [0.15, 0.2) is 66.7 Å². The Morgan fingerprint density at radius 2 is 1.42 bits per heavy atom. The minimum Gasteiger partial charge on any atom is -0.497 e. The molecule has 0 aliphatic carbocycles. The number of rotatable bonds is 9. The summed E-state index contributed by atoms with van der Waals surface area (Å²) < 4.78 is 11.9. The van der Waals surface area contributed by atoms with E-state index in [1.165, 1.54) is 0 Å². The molecular weight excluding hydrogens is 587 g/mol. The van der Waals surface area contributed by atoms with Crippen molar-refractivity contribution in [3.63, 3.8) is 0 Å². The Labute approximate surface area is 263 Å². The first-order chi connectivity index (χ1) is 20.6. The highest BCUT2D eigenvalue weighted by atomic mass is 35.5. The van der Waals surface area contributed by atoms with Gasteiger partial charge in [0.25, 0.3) is 5.91 Å². The Hall–Kier alpha value is -3.14. The van der Waals surface area contributed by atoms with Gasteiger partial charge in [-0.2, -0.15) is 0 Å². The van der Waals surface area contributed by atoms with E-state index in [2.05, 4.69) is 15.5 Å². The van der Waals surface area contributed by atoms with E-state index in [0.717, 1.165) is 11.1 Å². The number of benzene rings is 3. The van der Waals surface area contributed by atoms with Crippen LogP contribution >= 0.6 is 23.2 Å². The average molecular weight is 626 g/mol. The molecule has 2 aliphatic heterocycles. The Kier molecular flexibility index (Phi) is 9.63. The van der Waals surface area contributed by atoms with Crippen molar-refractivity contribution in [2.45, 2.75) is 44.6 Å². The summed E-state index contributed by atoms with van der Waals surface area (Å²) in [6, 6.07) is 20.3. The second kappa shape index (κ2) is 13.2. The van der Waals surface area contributed by atoms with Gasteiger partial charge in [-0.3, -0.25) is 25.1 Å².